The first-order valence-corrected chi connectivity index (χ1v) is 6.24. The molecule has 2 aromatic rings. The third kappa shape index (κ3) is 3.75. The van der Waals surface area contributed by atoms with Crippen LogP contribution in [-0.4, -0.2) is 11.7 Å². The molecular weight excluding hydrogens is 260 g/mol. The van der Waals surface area contributed by atoms with Gasteiger partial charge in [-0.1, -0.05) is 47.7 Å². The summed E-state index contributed by atoms with van der Waals surface area (Å²) in [7, 11) is 0. The third-order valence-electron chi connectivity index (χ3n) is 2.54. The van der Waals surface area contributed by atoms with Gasteiger partial charge in [0.05, 0.1) is 6.61 Å². The highest BCUT2D eigenvalue weighted by atomic mass is 35.5. The number of ether oxygens (including phenoxy) is 1. The van der Waals surface area contributed by atoms with Crippen molar-refractivity contribution in [3.8, 4) is 17.6 Å². The molecule has 0 radical (unpaired) electrons. The maximum Gasteiger partial charge on any atom is 0.149 e. The van der Waals surface area contributed by atoms with Crippen LogP contribution < -0.4 is 4.74 Å². The fourth-order valence-electron chi connectivity index (χ4n) is 1.60. The Bertz CT molecular complexity index is 597. The second kappa shape index (κ2) is 6.84. The van der Waals surface area contributed by atoms with Crippen LogP contribution >= 0.6 is 11.6 Å². The number of hydrogen-bond donors (Lipinski definition) is 1. The second-order valence-electron chi connectivity index (χ2n) is 3.83. The van der Waals surface area contributed by atoms with Crippen molar-refractivity contribution in [3.63, 3.8) is 0 Å². The Kier molecular flexibility index (Phi) is 4.85. The predicted octanol–water partition coefficient (Wildman–Crippen LogP) is 3.26. The summed E-state index contributed by atoms with van der Waals surface area (Å²) >= 11 is 5.96. The molecule has 2 nitrogen and oxygen atoms in total. The Balaban J connectivity index is 2.01. The molecule has 0 saturated carbocycles. The summed E-state index contributed by atoms with van der Waals surface area (Å²) < 4.78 is 5.51. The van der Waals surface area contributed by atoms with Gasteiger partial charge in [-0.2, -0.15) is 0 Å². The van der Waals surface area contributed by atoms with E-state index in [4.69, 9.17) is 16.3 Å². The highest BCUT2D eigenvalue weighted by Crippen LogP contribution is 2.26. The quantitative estimate of drug-likeness (QED) is 0.869. The van der Waals surface area contributed by atoms with Crippen LogP contribution in [0.3, 0.4) is 0 Å². The van der Waals surface area contributed by atoms with Gasteiger partial charge in [-0.15, -0.1) is 0 Å². The Morgan fingerprint density at radius 3 is 2.58 bits per heavy atom. The first kappa shape index (κ1) is 13.5. The lowest BCUT2D eigenvalue weighted by Gasteiger charge is -2.08. The maximum atomic E-state index is 9.23. The van der Waals surface area contributed by atoms with Crippen LogP contribution in [0.5, 0.6) is 5.75 Å². The third-order valence-corrected chi connectivity index (χ3v) is 2.89. The standard InChI is InChI=1S/C16H13ClO2/c17-15-9-4-10-16(14(15)12-18)19-11-5-8-13-6-2-1-3-7-13/h1-4,6-7,9-10,18H,11-12H2. The van der Waals surface area contributed by atoms with Crippen molar-refractivity contribution in [1.82, 2.24) is 0 Å². The van der Waals surface area contributed by atoms with Crippen molar-refractivity contribution >= 4 is 11.6 Å². The second-order valence-corrected chi connectivity index (χ2v) is 4.24. The van der Waals surface area contributed by atoms with E-state index in [1.165, 1.54) is 0 Å². The highest BCUT2D eigenvalue weighted by Gasteiger charge is 2.05. The predicted molar refractivity (Wildman–Crippen MR) is 76.2 cm³/mol. The van der Waals surface area contributed by atoms with E-state index in [9.17, 15) is 5.11 Å². The van der Waals surface area contributed by atoms with E-state index in [0.717, 1.165) is 5.56 Å². The van der Waals surface area contributed by atoms with Crippen LogP contribution in [0.4, 0.5) is 0 Å². The van der Waals surface area contributed by atoms with Crippen molar-refractivity contribution in [2.75, 3.05) is 6.61 Å². The molecule has 3 heteroatoms. The molecule has 0 spiro atoms. The molecule has 2 aromatic carbocycles. The van der Waals surface area contributed by atoms with Crippen LogP contribution in [-0.2, 0) is 6.61 Å². The summed E-state index contributed by atoms with van der Waals surface area (Å²) in [4.78, 5) is 0. The molecule has 2 rings (SSSR count). The number of hydrogen-bond acceptors (Lipinski definition) is 2. The first-order chi connectivity index (χ1) is 9.31. The average Bonchev–Trinajstić information content (AvgIpc) is 2.45. The molecule has 0 aliphatic carbocycles. The van der Waals surface area contributed by atoms with E-state index in [2.05, 4.69) is 11.8 Å². The number of halogens is 1. The Labute approximate surface area is 117 Å². The van der Waals surface area contributed by atoms with Gasteiger partial charge in [0.1, 0.15) is 12.4 Å². The fourth-order valence-corrected chi connectivity index (χ4v) is 1.83. The Morgan fingerprint density at radius 1 is 1.05 bits per heavy atom. The molecule has 0 unspecified atom stereocenters. The Morgan fingerprint density at radius 2 is 1.84 bits per heavy atom. The number of aliphatic hydroxyl groups excluding tert-OH is 1. The summed E-state index contributed by atoms with van der Waals surface area (Å²) in [6.45, 7) is 0.101. The minimum Gasteiger partial charge on any atom is -0.481 e. The summed E-state index contributed by atoms with van der Waals surface area (Å²) in [6, 6.07) is 15.0. The number of rotatable bonds is 3. The zero-order chi connectivity index (χ0) is 13.5. The molecule has 0 bridgehead atoms. The van der Waals surface area contributed by atoms with Gasteiger partial charge in [0.25, 0.3) is 0 Å². The molecule has 19 heavy (non-hydrogen) atoms. The van der Waals surface area contributed by atoms with Gasteiger partial charge in [-0.3, -0.25) is 0 Å². The van der Waals surface area contributed by atoms with Crippen LogP contribution in [0.1, 0.15) is 11.1 Å². The monoisotopic (exact) mass is 272 g/mol. The lowest BCUT2D eigenvalue weighted by atomic mass is 10.2. The molecule has 96 valence electrons. The van der Waals surface area contributed by atoms with Crippen LogP contribution in [0, 0.1) is 11.8 Å². The van der Waals surface area contributed by atoms with Crippen LogP contribution in [0.2, 0.25) is 5.02 Å². The summed E-state index contributed by atoms with van der Waals surface area (Å²) in [6.07, 6.45) is 0. The summed E-state index contributed by atoms with van der Waals surface area (Å²) in [5.74, 6) is 6.49. The van der Waals surface area contributed by atoms with Gasteiger partial charge in [-0.05, 0) is 24.3 Å². The van der Waals surface area contributed by atoms with Crippen molar-refractivity contribution < 1.29 is 9.84 Å². The zero-order valence-electron chi connectivity index (χ0n) is 10.3. The molecule has 0 aliphatic heterocycles. The van der Waals surface area contributed by atoms with Crippen molar-refractivity contribution in [1.29, 1.82) is 0 Å². The molecule has 0 heterocycles. The van der Waals surface area contributed by atoms with Gasteiger partial charge in [0, 0.05) is 16.1 Å². The van der Waals surface area contributed by atoms with E-state index in [1.807, 2.05) is 30.3 Å². The zero-order valence-corrected chi connectivity index (χ0v) is 11.0. The summed E-state index contributed by atoms with van der Waals surface area (Å²) in [5.41, 5.74) is 1.53. The molecule has 1 N–H and O–H groups in total. The lowest BCUT2D eigenvalue weighted by Crippen LogP contribution is -1.98. The summed E-state index contributed by atoms with van der Waals surface area (Å²) in [5, 5.41) is 9.73. The van der Waals surface area contributed by atoms with Gasteiger partial charge >= 0.3 is 0 Å². The average molecular weight is 273 g/mol. The van der Waals surface area contributed by atoms with E-state index in [1.54, 1.807) is 18.2 Å². The smallest absolute Gasteiger partial charge is 0.149 e. The van der Waals surface area contributed by atoms with Gasteiger partial charge in [-0.25, -0.2) is 0 Å². The fraction of sp³-hybridized carbons (Fsp3) is 0.125. The molecule has 0 atom stereocenters. The Hall–Kier alpha value is -1.95. The SMILES string of the molecule is OCc1c(Cl)cccc1OCC#Cc1ccccc1. The van der Waals surface area contributed by atoms with Crippen LogP contribution in [0.25, 0.3) is 0 Å². The first-order valence-electron chi connectivity index (χ1n) is 5.86. The van der Waals surface area contributed by atoms with E-state index < -0.39 is 0 Å². The topological polar surface area (TPSA) is 29.5 Å². The maximum absolute atomic E-state index is 9.23. The molecule has 0 aromatic heterocycles. The minimum absolute atomic E-state index is 0.152. The largest absolute Gasteiger partial charge is 0.481 e. The molecular formula is C16H13ClO2. The molecule has 0 saturated heterocycles. The van der Waals surface area contributed by atoms with Crippen molar-refractivity contribution in [2.24, 2.45) is 0 Å². The lowest BCUT2D eigenvalue weighted by molar-refractivity contribution is 0.271. The number of aliphatic hydroxyl groups is 1. The van der Waals surface area contributed by atoms with Crippen molar-refractivity contribution in [2.45, 2.75) is 6.61 Å². The van der Waals surface area contributed by atoms with E-state index >= 15 is 0 Å². The molecule has 0 aliphatic rings. The molecule has 0 fully saturated rings. The van der Waals surface area contributed by atoms with Gasteiger partial charge in [0.2, 0.25) is 0 Å². The molecule has 0 amide bonds. The van der Waals surface area contributed by atoms with E-state index in [0.29, 0.717) is 16.3 Å². The van der Waals surface area contributed by atoms with Crippen LogP contribution in [0.15, 0.2) is 48.5 Å². The van der Waals surface area contributed by atoms with Gasteiger partial charge in [0.15, 0.2) is 0 Å². The minimum atomic E-state index is -0.152. The highest BCUT2D eigenvalue weighted by molar-refractivity contribution is 6.31. The number of benzene rings is 2. The van der Waals surface area contributed by atoms with Gasteiger partial charge < -0.3 is 9.84 Å². The normalized spacial score (nSPS) is 9.58. The van der Waals surface area contributed by atoms with Crippen molar-refractivity contribution in [3.05, 3.63) is 64.7 Å². The van der Waals surface area contributed by atoms with E-state index in [-0.39, 0.29) is 13.2 Å².